The minimum atomic E-state index is -0.0282. The molecular weight excluding hydrogens is 288 g/mol. The van der Waals surface area contributed by atoms with Crippen LogP contribution in [0.1, 0.15) is 25.7 Å². The van der Waals surface area contributed by atoms with Crippen LogP contribution in [0.5, 0.6) is 0 Å². The lowest BCUT2D eigenvalue weighted by Gasteiger charge is -2.34. The van der Waals surface area contributed by atoms with E-state index in [0.29, 0.717) is 22.5 Å². The molecule has 1 aliphatic carbocycles. The van der Waals surface area contributed by atoms with Crippen LogP contribution >= 0.6 is 11.6 Å². The lowest BCUT2D eigenvalue weighted by atomic mass is 9.98. The molecule has 0 bridgehead atoms. The van der Waals surface area contributed by atoms with Crippen molar-refractivity contribution in [3.8, 4) is 0 Å². The fourth-order valence-corrected chi connectivity index (χ4v) is 3.39. The quantitative estimate of drug-likeness (QED) is 0.900. The highest BCUT2D eigenvalue weighted by atomic mass is 35.5. The van der Waals surface area contributed by atoms with E-state index in [0.717, 1.165) is 32.6 Å². The number of piperidine rings is 1. The number of nitrogens with one attached hydrogen (secondary N) is 1. The summed E-state index contributed by atoms with van der Waals surface area (Å²) in [5.74, 6) is 1.20. The SMILES string of the molecule is CNCC1CCCN(c2c(Cl)cnn(CC3CC3)c2=O)C1. The molecule has 0 radical (unpaired) electrons. The van der Waals surface area contributed by atoms with Crippen molar-refractivity contribution in [3.05, 3.63) is 21.6 Å². The standard InChI is InChI=1S/C15H23ClN4O/c1-17-7-12-3-2-6-19(9-12)14-13(16)8-18-20(15(14)21)10-11-4-5-11/h8,11-12,17H,2-7,9-10H2,1H3. The first-order chi connectivity index (χ1) is 10.2. The molecule has 1 aromatic heterocycles. The maximum Gasteiger partial charge on any atom is 0.291 e. The smallest absolute Gasteiger partial charge is 0.291 e. The second-order valence-electron chi connectivity index (χ2n) is 6.28. The summed E-state index contributed by atoms with van der Waals surface area (Å²) >= 11 is 6.28. The average molecular weight is 311 g/mol. The number of hydrogen-bond acceptors (Lipinski definition) is 4. The predicted molar refractivity (Wildman–Crippen MR) is 85.1 cm³/mol. The van der Waals surface area contributed by atoms with Crippen LogP contribution in [0.3, 0.4) is 0 Å². The van der Waals surface area contributed by atoms with Crippen molar-refractivity contribution >= 4 is 17.3 Å². The summed E-state index contributed by atoms with van der Waals surface area (Å²) in [6, 6.07) is 0. The van der Waals surface area contributed by atoms with Crippen molar-refractivity contribution in [2.24, 2.45) is 11.8 Å². The average Bonchev–Trinajstić information content (AvgIpc) is 3.27. The van der Waals surface area contributed by atoms with Gasteiger partial charge in [-0.15, -0.1) is 0 Å². The second kappa shape index (κ2) is 6.36. The van der Waals surface area contributed by atoms with Gasteiger partial charge in [0.15, 0.2) is 0 Å². The predicted octanol–water partition coefficient (Wildman–Crippen LogP) is 1.74. The molecule has 1 unspecified atom stereocenters. The molecule has 6 heteroatoms. The molecule has 5 nitrogen and oxygen atoms in total. The molecule has 2 aliphatic rings. The fourth-order valence-electron chi connectivity index (χ4n) is 3.14. The summed E-state index contributed by atoms with van der Waals surface area (Å²) in [7, 11) is 1.97. The van der Waals surface area contributed by atoms with Crippen LogP contribution in [0.2, 0.25) is 5.02 Å². The molecule has 0 aromatic carbocycles. The van der Waals surface area contributed by atoms with Crippen LogP contribution in [-0.2, 0) is 6.54 Å². The molecule has 1 saturated heterocycles. The molecule has 1 saturated carbocycles. The van der Waals surface area contributed by atoms with E-state index in [1.807, 2.05) is 7.05 Å². The van der Waals surface area contributed by atoms with Gasteiger partial charge in [-0.1, -0.05) is 11.6 Å². The number of anilines is 1. The maximum atomic E-state index is 12.7. The van der Waals surface area contributed by atoms with Crippen molar-refractivity contribution in [1.29, 1.82) is 0 Å². The molecular formula is C15H23ClN4O. The number of halogens is 1. The second-order valence-corrected chi connectivity index (χ2v) is 6.69. The van der Waals surface area contributed by atoms with Crippen LogP contribution < -0.4 is 15.8 Å². The Balaban J connectivity index is 1.84. The minimum absolute atomic E-state index is 0.0282. The Morgan fingerprint density at radius 1 is 1.38 bits per heavy atom. The molecule has 1 aliphatic heterocycles. The Bertz CT molecular complexity index is 553. The minimum Gasteiger partial charge on any atom is -0.365 e. The summed E-state index contributed by atoms with van der Waals surface area (Å²) in [6.45, 7) is 3.51. The van der Waals surface area contributed by atoms with Crippen molar-refractivity contribution in [2.75, 3.05) is 31.6 Å². The first-order valence-corrected chi connectivity index (χ1v) is 8.22. The van der Waals surface area contributed by atoms with Crippen LogP contribution in [-0.4, -0.2) is 36.5 Å². The largest absolute Gasteiger partial charge is 0.365 e. The Morgan fingerprint density at radius 3 is 2.90 bits per heavy atom. The van der Waals surface area contributed by atoms with Gasteiger partial charge in [-0.2, -0.15) is 5.10 Å². The van der Waals surface area contributed by atoms with Gasteiger partial charge in [-0.3, -0.25) is 4.79 Å². The Hall–Kier alpha value is -1.07. The number of hydrogen-bond donors (Lipinski definition) is 1. The fraction of sp³-hybridized carbons (Fsp3) is 0.733. The van der Waals surface area contributed by atoms with Gasteiger partial charge in [0.1, 0.15) is 5.69 Å². The third-order valence-corrected chi connectivity index (χ3v) is 4.71. The molecule has 2 heterocycles. The highest BCUT2D eigenvalue weighted by molar-refractivity contribution is 6.33. The van der Waals surface area contributed by atoms with E-state index in [1.54, 1.807) is 10.9 Å². The molecule has 21 heavy (non-hydrogen) atoms. The van der Waals surface area contributed by atoms with Gasteiger partial charge in [0, 0.05) is 19.6 Å². The lowest BCUT2D eigenvalue weighted by Crippen LogP contribution is -2.42. The van der Waals surface area contributed by atoms with Gasteiger partial charge in [-0.05, 0) is 51.1 Å². The van der Waals surface area contributed by atoms with Gasteiger partial charge >= 0.3 is 0 Å². The van der Waals surface area contributed by atoms with E-state index in [9.17, 15) is 4.79 Å². The highest BCUT2D eigenvalue weighted by Crippen LogP contribution is 2.31. The molecule has 1 N–H and O–H groups in total. The molecule has 2 fully saturated rings. The summed E-state index contributed by atoms with van der Waals surface area (Å²) in [4.78, 5) is 14.8. The van der Waals surface area contributed by atoms with Gasteiger partial charge < -0.3 is 10.2 Å². The summed E-state index contributed by atoms with van der Waals surface area (Å²) < 4.78 is 1.60. The Kier molecular flexibility index (Phi) is 4.50. The molecule has 3 rings (SSSR count). The first-order valence-electron chi connectivity index (χ1n) is 7.84. The zero-order valence-corrected chi connectivity index (χ0v) is 13.3. The van der Waals surface area contributed by atoms with Gasteiger partial charge in [0.25, 0.3) is 5.56 Å². The van der Waals surface area contributed by atoms with E-state index in [2.05, 4.69) is 15.3 Å². The van der Waals surface area contributed by atoms with Crippen molar-refractivity contribution in [1.82, 2.24) is 15.1 Å². The van der Waals surface area contributed by atoms with E-state index >= 15 is 0 Å². The van der Waals surface area contributed by atoms with Gasteiger partial charge in [0.05, 0.1) is 11.2 Å². The van der Waals surface area contributed by atoms with Crippen molar-refractivity contribution in [3.63, 3.8) is 0 Å². The first kappa shape index (κ1) is 14.9. The van der Waals surface area contributed by atoms with Crippen LogP contribution in [0.25, 0.3) is 0 Å². The summed E-state index contributed by atoms with van der Waals surface area (Å²) in [5.41, 5.74) is 0.618. The van der Waals surface area contributed by atoms with Crippen LogP contribution in [0.4, 0.5) is 5.69 Å². The van der Waals surface area contributed by atoms with E-state index in [-0.39, 0.29) is 5.56 Å². The maximum absolute atomic E-state index is 12.7. The van der Waals surface area contributed by atoms with E-state index in [4.69, 9.17) is 11.6 Å². The summed E-state index contributed by atoms with van der Waals surface area (Å²) in [6.07, 6.45) is 6.35. The normalized spacial score (nSPS) is 22.6. The third-order valence-electron chi connectivity index (χ3n) is 4.43. The van der Waals surface area contributed by atoms with Crippen molar-refractivity contribution in [2.45, 2.75) is 32.2 Å². The topological polar surface area (TPSA) is 50.2 Å². The van der Waals surface area contributed by atoms with E-state index < -0.39 is 0 Å². The zero-order valence-electron chi connectivity index (χ0n) is 12.5. The Morgan fingerprint density at radius 2 is 2.19 bits per heavy atom. The molecule has 116 valence electrons. The van der Waals surface area contributed by atoms with Crippen molar-refractivity contribution < 1.29 is 0 Å². The molecule has 1 aromatic rings. The third kappa shape index (κ3) is 3.40. The molecule has 0 amide bonds. The zero-order chi connectivity index (χ0) is 14.8. The summed E-state index contributed by atoms with van der Waals surface area (Å²) in [5, 5.41) is 7.91. The molecule has 1 atom stereocenters. The lowest BCUT2D eigenvalue weighted by molar-refractivity contribution is 0.400. The number of aromatic nitrogens is 2. The van der Waals surface area contributed by atoms with Gasteiger partial charge in [0.2, 0.25) is 0 Å². The van der Waals surface area contributed by atoms with Crippen LogP contribution in [0.15, 0.2) is 11.0 Å². The Labute approximate surface area is 130 Å². The van der Waals surface area contributed by atoms with E-state index in [1.165, 1.54) is 19.3 Å². The monoisotopic (exact) mass is 310 g/mol. The van der Waals surface area contributed by atoms with Crippen LogP contribution in [0, 0.1) is 11.8 Å². The number of nitrogens with zero attached hydrogens (tertiary/aromatic N) is 3. The highest BCUT2D eigenvalue weighted by Gasteiger charge is 2.27. The van der Waals surface area contributed by atoms with Gasteiger partial charge in [-0.25, -0.2) is 4.68 Å². The number of rotatable bonds is 5. The molecule has 0 spiro atoms.